The van der Waals surface area contributed by atoms with Gasteiger partial charge >= 0.3 is 0 Å². The van der Waals surface area contributed by atoms with Crippen molar-refractivity contribution in [1.82, 2.24) is 9.78 Å². The minimum atomic E-state index is 0.329. The third-order valence-corrected chi connectivity index (χ3v) is 5.27. The van der Waals surface area contributed by atoms with Crippen molar-refractivity contribution in [2.75, 3.05) is 6.26 Å². The average molecular weight is 365 g/mol. The average Bonchev–Trinajstić information content (AvgIpc) is 3.14. The molecule has 0 aliphatic heterocycles. The van der Waals surface area contributed by atoms with Crippen LogP contribution in [-0.4, -0.2) is 21.1 Å². The zero-order valence-electron chi connectivity index (χ0n) is 15.2. The van der Waals surface area contributed by atoms with E-state index in [9.17, 15) is 5.11 Å². The molecule has 0 atom stereocenters. The van der Waals surface area contributed by atoms with Crippen molar-refractivity contribution in [3.8, 4) is 11.4 Å². The third-order valence-electron chi connectivity index (χ3n) is 4.44. The van der Waals surface area contributed by atoms with Crippen LogP contribution in [0.25, 0.3) is 10.6 Å². The molecule has 0 fully saturated rings. The van der Waals surface area contributed by atoms with Gasteiger partial charge in [-0.3, -0.25) is 0 Å². The topological polar surface area (TPSA) is 38.0 Å². The largest absolute Gasteiger partial charge is 0.507 e. The molecule has 2 aromatic carbocycles. The van der Waals surface area contributed by atoms with E-state index < -0.39 is 0 Å². The van der Waals surface area contributed by atoms with Crippen molar-refractivity contribution in [2.24, 2.45) is 0 Å². The Balaban J connectivity index is 1.79. The molecule has 1 N–H and O–H groups in total. The second kappa shape index (κ2) is 8.77. The van der Waals surface area contributed by atoms with Gasteiger partial charge in [0.25, 0.3) is 0 Å². The number of benzene rings is 2. The summed E-state index contributed by atoms with van der Waals surface area (Å²) in [6.45, 7) is 2.17. The van der Waals surface area contributed by atoms with Crippen molar-refractivity contribution >= 4 is 16.7 Å². The summed E-state index contributed by atoms with van der Waals surface area (Å²) in [5, 5.41) is 14.6. The Morgan fingerprint density at radius 1 is 1.12 bits per heavy atom. The summed E-state index contributed by atoms with van der Waals surface area (Å²) in [7, 11) is 0. The molecule has 0 amide bonds. The summed E-state index contributed by atoms with van der Waals surface area (Å²) in [6, 6.07) is 18.0. The smallest absolute Gasteiger partial charge is 0.123 e. The van der Waals surface area contributed by atoms with Crippen LogP contribution in [0.15, 0.2) is 66.9 Å². The lowest BCUT2D eigenvalue weighted by molar-refractivity contribution is 0.474. The van der Waals surface area contributed by atoms with Crippen molar-refractivity contribution in [3.05, 3.63) is 83.7 Å². The molecule has 1 aromatic heterocycles. The first-order valence-electron chi connectivity index (χ1n) is 8.88. The Kier molecular flexibility index (Phi) is 6.18. The normalized spacial score (nSPS) is 11.7. The van der Waals surface area contributed by atoms with Gasteiger partial charge in [-0.1, -0.05) is 49.4 Å². The maximum absolute atomic E-state index is 10.1. The van der Waals surface area contributed by atoms with Gasteiger partial charge in [-0.2, -0.15) is 5.10 Å². The minimum absolute atomic E-state index is 0.329. The Morgan fingerprint density at radius 2 is 1.88 bits per heavy atom. The highest BCUT2D eigenvalue weighted by molar-refractivity contribution is 8.07. The van der Waals surface area contributed by atoms with Gasteiger partial charge in [-0.15, -0.1) is 11.8 Å². The highest BCUT2D eigenvalue weighted by Crippen LogP contribution is 2.32. The number of aryl methyl sites for hydroxylation is 2. The standard InChI is InChI=1S/C22H24N2OS/c1-3-17-9-4-6-12-20(17)24-18(15-16-23-24)10-8-14-22(26-2)19-11-5-7-13-21(19)25/h4-7,9,11-16,25H,3,8,10H2,1-2H3/b22-14-. The number of aromatic hydroxyl groups is 1. The van der Waals surface area contributed by atoms with Gasteiger partial charge in [-0.25, -0.2) is 4.68 Å². The van der Waals surface area contributed by atoms with E-state index in [2.05, 4.69) is 48.4 Å². The molecular formula is C22H24N2OS. The fraction of sp³-hybridized carbons (Fsp3) is 0.227. The molecular weight excluding hydrogens is 340 g/mol. The fourth-order valence-corrected chi connectivity index (χ4v) is 3.77. The number of rotatable bonds is 7. The van der Waals surface area contributed by atoms with Crippen LogP contribution < -0.4 is 0 Å². The van der Waals surface area contributed by atoms with Crippen LogP contribution in [0, 0.1) is 0 Å². The maximum Gasteiger partial charge on any atom is 0.123 e. The van der Waals surface area contributed by atoms with Crippen LogP contribution in [0.3, 0.4) is 0 Å². The Morgan fingerprint density at radius 3 is 2.65 bits per heavy atom. The van der Waals surface area contributed by atoms with E-state index in [0.29, 0.717) is 5.75 Å². The summed E-state index contributed by atoms with van der Waals surface area (Å²) >= 11 is 1.66. The molecule has 3 nitrogen and oxygen atoms in total. The molecule has 0 spiro atoms. The lowest BCUT2D eigenvalue weighted by Gasteiger charge is -2.11. The summed E-state index contributed by atoms with van der Waals surface area (Å²) in [6.07, 6.45) is 8.88. The molecule has 0 saturated carbocycles. The zero-order chi connectivity index (χ0) is 18.4. The summed E-state index contributed by atoms with van der Waals surface area (Å²) in [5.74, 6) is 0.329. The molecule has 0 radical (unpaired) electrons. The Labute approximate surface area is 159 Å². The molecule has 134 valence electrons. The zero-order valence-corrected chi connectivity index (χ0v) is 16.0. The minimum Gasteiger partial charge on any atom is -0.507 e. The van der Waals surface area contributed by atoms with Crippen molar-refractivity contribution < 1.29 is 5.11 Å². The molecule has 26 heavy (non-hydrogen) atoms. The van der Waals surface area contributed by atoms with Crippen LogP contribution in [0.2, 0.25) is 0 Å². The number of allylic oxidation sites excluding steroid dienone is 1. The van der Waals surface area contributed by atoms with Gasteiger partial charge in [0.15, 0.2) is 0 Å². The van der Waals surface area contributed by atoms with Gasteiger partial charge in [0.1, 0.15) is 5.75 Å². The number of hydrogen-bond acceptors (Lipinski definition) is 3. The van der Waals surface area contributed by atoms with Crippen molar-refractivity contribution in [1.29, 1.82) is 0 Å². The lowest BCUT2D eigenvalue weighted by Crippen LogP contribution is -2.05. The summed E-state index contributed by atoms with van der Waals surface area (Å²) in [4.78, 5) is 1.10. The van der Waals surface area contributed by atoms with Gasteiger partial charge < -0.3 is 5.11 Å². The van der Waals surface area contributed by atoms with Gasteiger partial charge in [-0.05, 0) is 49.3 Å². The highest BCUT2D eigenvalue weighted by atomic mass is 32.2. The second-order valence-electron chi connectivity index (χ2n) is 6.04. The van der Waals surface area contributed by atoms with Crippen LogP contribution in [0.1, 0.15) is 30.2 Å². The van der Waals surface area contributed by atoms with Gasteiger partial charge in [0.05, 0.1) is 5.69 Å². The molecule has 0 aliphatic rings. The van der Waals surface area contributed by atoms with Crippen LogP contribution in [0.5, 0.6) is 5.75 Å². The van der Waals surface area contributed by atoms with E-state index in [0.717, 1.165) is 35.4 Å². The van der Waals surface area contributed by atoms with Crippen LogP contribution in [0.4, 0.5) is 0 Å². The van der Waals surface area contributed by atoms with E-state index in [4.69, 9.17) is 0 Å². The number of phenols is 1. The Hall–Kier alpha value is -2.46. The van der Waals surface area contributed by atoms with E-state index >= 15 is 0 Å². The lowest BCUT2D eigenvalue weighted by atomic mass is 10.1. The number of thioether (sulfide) groups is 1. The van der Waals surface area contributed by atoms with E-state index in [1.165, 1.54) is 11.3 Å². The van der Waals surface area contributed by atoms with Crippen LogP contribution >= 0.6 is 11.8 Å². The Bertz CT molecular complexity index is 898. The molecule has 0 saturated heterocycles. The summed E-state index contributed by atoms with van der Waals surface area (Å²) in [5.41, 5.74) is 4.54. The fourth-order valence-electron chi connectivity index (χ4n) is 3.09. The molecule has 3 rings (SSSR count). The second-order valence-corrected chi connectivity index (χ2v) is 6.89. The number of para-hydroxylation sites is 2. The first kappa shape index (κ1) is 18.3. The van der Waals surface area contributed by atoms with E-state index in [1.807, 2.05) is 35.3 Å². The van der Waals surface area contributed by atoms with E-state index in [-0.39, 0.29) is 0 Å². The first-order valence-corrected chi connectivity index (χ1v) is 10.1. The number of aromatic nitrogens is 2. The van der Waals surface area contributed by atoms with Gasteiger partial charge in [0.2, 0.25) is 0 Å². The first-order chi connectivity index (χ1) is 12.7. The summed E-state index contributed by atoms with van der Waals surface area (Å²) < 4.78 is 2.05. The molecule has 0 unspecified atom stereocenters. The SMILES string of the molecule is CCc1ccccc1-n1nccc1CC/C=C(\SC)c1ccccc1O. The predicted octanol–water partition coefficient (Wildman–Crippen LogP) is 5.48. The molecule has 0 aliphatic carbocycles. The molecule has 0 bridgehead atoms. The van der Waals surface area contributed by atoms with Crippen molar-refractivity contribution in [3.63, 3.8) is 0 Å². The molecule has 3 aromatic rings. The quantitative estimate of drug-likeness (QED) is 0.603. The number of nitrogens with zero attached hydrogens (tertiary/aromatic N) is 2. The maximum atomic E-state index is 10.1. The number of phenolic OH excluding ortho intramolecular Hbond substituents is 1. The van der Waals surface area contributed by atoms with Crippen LogP contribution in [-0.2, 0) is 12.8 Å². The number of hydrogen-bond donors (Lipinski definition) is 1. The molecule has 1 heterocycles. The molecule has 4 heteroatoms. The third kappa shape index (κ3) is 4.02. The monoisotopic (exact) mass is 364 g/mol. The van der Waals surface area contributed by atoms with E-state index in [1.54, 1.807) is 17.8 Å². The van der Waals surface area contributed by atoms with Crippen molar-refractivity contribution in [2.45, 2.75) is 26.2 Å². The predicted molar refractivity (Wildman–Crippen MR) is 111 cm³/mol. The highest BCUT2D eigenvalue weighted by Gasteiger charge is 2.09. The van der Waals surface area contributed by atoms with Gasteiger partial charge in [0, 0.05) is 22.4 Å².